The van der Waals surface area contributed by atoms with Gasteiger partial charge in [0.15, 0.2) is 11.5 Å². The van der Waals surface area contributed by atoms with Gasteiger partial charge >= 0.3 is 0 Å². The predicted molar refractivity (Wildman–Crippen MR) is 105 cm³/mol. The highest BCUT2D eigenvalue weighted by Crippen LogP contribution is 2.36. The van der Waals surface area contributed by atoms with E-state index >= 15 is 0 Å². The number of nitrogens with one attached hydrogen (secondary N) is 2. The van der Waals surface area contributed by atoms with Crippen molar-refractivity contribution >= 4 is 41.7 Å². The molecule has 0 spiro atoms. The fourth-order valence-electron chi connectivity index (χ4n) is 2.23. The van der Waals surface area contributed by atoms with E-state index < -0.39 is 20.0 Å². The topological polar surface area (TPSA) is 111 Å². The number of methoxy groups -OCH3 is 2. The summed E-state index contributed by atoms with van der Waals surface area (Å²) in [7, 11) is -4.72. The number of ether oxygens (including phenoxy) is 2. The molecule has 0 radical (unpaired) electrons. The first-order chi connectivity index (χ1) is 12.6. The number of sulfonamides is 2. The Labute approximate surface area is 167 Å². The van der Waals surface area contributed by atoms with E-state index in [0.717, 1.165) is 0 Å². The molecule has 0 bridgehead atoms. The first kappa shape index (κ1) is 21.5. The Bertz CT molecular complexity index is 1020. The fourth-order valence-corrected chi connectivity index (χ4v) is 5.36. The molecule has 27 heavy (non-hydrogen) atoms. The minimum atomic E-state index is -3.96. The molecule has 0 heterocycles. The summed E-state index contributed by atoms with van der Waals surface area (Å²) in [6, 6.07) is 8.20. The summed E-state index contributed by atoms with van der Waals surface area (Å²) in [4.78, 5) is -0.0101. The molecule has 11 heteroatoms. The van der Waals surface area contributed by atoms with Gasteiger partial charge in [-0.2, -0.15) is 0 Å². The van der Waals surface area contributed by atoms with Gasteiger partial charge in [0, 0.05) is 22.8 Å². The Morgan fingerprint density at radius 3 is 2.00 bits per heavy atom. The normalized spacial score (nSPS) is 11.9. The average Bonchev–Trinajstić information content (AvgIpc) is 2.61. The second-order valence-electron chi connectivity index (χ2n) is 5.27. The standard InChI is InChI=1S/C16H19BrN2O6S2/c1-4-18-26(20,21)12-7-5-11(6-8-12)19-27(22,23)16-10-15(25-3)14(24-2)9-13(16)17/h5-10,18-19H,4H2,1-3H3. The molecule has 2 aromatic rings. The van der Waals surface area contributed by atoms with E-state index in [-0.39, 0.29) is 27.8 Å². The quantitative estimate of drug-likeness (QED) is 0.602. The van der Waals surface area contributed by atoms with Crippen LogP contribution in [0.4, 0.5) is 5.69 Å². The number of hydrogen-bond donors (Lipinski definition) is 2. The van der Waals surface area contributed by atoms with Crippen molar-refractivity contribution < 1.29 is 26.3 Å². The molecule has 0 saturated carbocycles. The van der Waals surface area contributed by atoms with E-state index in [1.165, 1.54) is 50.6 Å². The first-order valence-corrected chi connectivity index (χ1v) is 11.4. The van der Waals surface area contributed by atoms with Crippen LogP contribution in [0, 0.1) is 0 Å². The maximum atomic E-state index is 12.7. The Balaban J connectivity index is 2.34. The summed E-state index contributed by atoms with van der Waals surface area (Å²) < 4.78 is 64.6. The summed E-state index contributed by atoms with van der Waals surface area (Å²) in [6.07, 6.45) is 0. The van der Waals surface area contributed by atoms with Crippen molar-refractivity contribution in [3.63, 3.8) is 0 Å². The van der Waals surface area contributed by atoms with E-state index in [1.807, 2.05) is 0 Å². The van der Waals surface area contributed by atoms with E-state index in [1.54, 1.807) is 6.92 Å². The van der Waals surface area contributed by atoms with Crippen molar-refractivity contribution in [3.05, 3.63) is 40.9 Å². The van der Waals surface area contributed by atoms with E-state index in [0.29, 0.717) is 10.2 Å². The summed E-state index contributed by atoms with van der Waals surface area (Å²) in [5.74, 6) is 0.634. The van der Waals surface area contributed by atoms with Crippen LogP contribution in [0.1, 0.15) is 6.92 Å². The minimum absolute atomic E-state index is 0.0413. The van der Waals surface area contributed by atoms with Gasteiger partial charge in [0.1, 0.15) is 4.90 Å². The van der Waals surface area contributed by atoms with E-state index in [9.17, 15) is 16.8 Å². The fraction of sp³-hybridized carbons (Fsp3) is 0.250. The maximum absolute atomic E-state index is 12.7. The second kappa shape index (κ2) is 8.46. The summed E-state index contributed by atoms with van der Waals surface area (Å²) in [5, 5.41) is 0. The molecular formula is C16H19BrN2O6S2. The van der Waals surface area contributed by atoms with Gasteiger partial charge in [-0.25, -0.2) is 21.6 Å². The minimum Gasteiger partial charge on any atom is -0.493 e. The smallest absolute Gasteiger partial charge is 0.263 e. The van der Waals surface area contributed by atoms with Crippen LogP contribution in [-0.4, -0.2) is 37.6 Å². The van der Waals surface area contributed by atoms with Gasteiger partial charge in [-0.05, 0) is 46.3 Å². The zero-order chi connectivity index (χ0) is 20.2. The lowest BCUT2D eigenvalue weighted by atomic mass is 10.3. The lowest BCUT2D eigenvalue weighted by Gasteiger charge is -2.14. The molecule has 0 aliphatic rings. The molecule has 0 aliphatic carbocycles. The number of rotatable bonds is 8. The molecule has 0 fully saturated rings. The van der Waals surface area contributed by atoms with Crippen LogP contribution in [0.5, 0.6) is 11.5 Å². The summed E-state index contributed by atoms with van der Waals surface area (Å²) in [5.41, 5.74) is 0.215. The third kappa shape index (κ3) is 4.92. The van der Waals surface area contributed by atoms with Gasteiger partial charge < -0.3 is 9.47 Å². The molecule has 148 valence electrons. The Morgan fingerprint density at radius 2 is 1.48 bits per heavy atom. The van der Waals surface area contributed by atoms with Crippen LogP contribution < -0.4 is 18.9 Å². The molecular weight excluding hydrogens is 460 g/mol. The highest BCUT2D eigenvalue weighted by molar-refractivity contribution is 9.10. The van der Waals surface area contributed by atoms with Crippen molar-refractivity contribution in [2.45, 2.75) is 16.7 Å². The van der Waals surface area contributed by atoms with Gasteiger partial charge in [0.05, 0.1) is 19.1 Å². The lowest BCUT2D eigenvalue weighted by Crippen LogP contribution is -2.23. The molecule has 2 rings (SSSR count). The van der Waals surface area contributed by atoms with Crippen molar-refractivity contribution in [2.75, 3.05) is 25.5 Å². The van der Waals surface area contributed by atoms with Crippen LogP contribution in [-0.2, 0) is 20.0 Å². The van der Waals surface area contributed by atoms with Gasteiger partial charge in [0.25, 0.3) is 10.0 Å². The van der Waals surface area contributed by atoms with Crippen LogP contribution in [0.25, 0.3) is 0 Å². The third-order valence-electron chi connectivity index (χ3n) is 3.48. The second-order valence-corrected chi connectivity index (χ2v) is 9.54. The number of anilines is 1. The molecule has 0 amide bonds. The van der Waals surface area contributed by atoms with Crippen molar-refractivity contribution in [1.82, 2.24) is 4.72 Å². The monoisotopic (exact) mass is 478 g/mol. The third-order valence-corrected chi connectivity index (χ3v) is 7.38. The van der Waals surface area contributed by atoms with Gasteiger partial charge in [0.2, 0.25) is 10.0 Å². The van der Waals surface area contributed by atoms with Crippen LogP contribution in [0.3, 0.4) is 0 Å². The van der Waals surface area contributed by atoms with Crippen molar-refractivity contribution in [1.29, 1.82) is 0 Å². The highest BCUT2D eigenvalue weighted by Gasteiger charge is 2.22. The molecule has 2 N–H and O–H groups in total. The molecule has 2 aromatic carbocycles. The van der Waals surface area contributed by atoms with Gasteiger partial charge in [-0.1, -0.05) is 6.92 Å². The van der Waals surface area contributed by atoms with Gasteiger partial charge in [-0.3, -0.25) is 4.72 Å². The average molecular weight is 479 g/mol. The SMILES string of the molecule is CCNS(=O)(=O)c1ccc(NS(=O)(=O)c2cc(OC)c(OC)cc2Br)cc1. The van der Waals surface area contributed by atoms with Crippen LogP contribution in [0.2, 0.25) is 0 Å². The molecule has 0 unspecified atom stereocenters. The Kier molecular flexibility index (Phi) is 6.73. The van der Waals surface area contributed by atoms with Crippen molar-refractivity contribution in [2.24, 2.45) is 0 Å². The molecule has 0 saturated heterocycles. The zero-order valence-corrected chi connectivity index (χ0v) is 18.0. The van der Waals surface area contributed by atoms with E-state index in [2.05, 4.69) is 25.4 Å². The highest BCUT2D eigenvalue weighted by atomic mass is 79.9. The molecule has 0 atom stereocenters. The number of halogens is 1. The molecule has 0 aliphatic heterocycles. The number of hydrogen-bond acceptors (Lipinski definition) is 6. The maximum Gasteiger partial charge on any atom is 0.263 e. The Morgan fingerprint density at radius 1 is 0.926 bits per heavy atom. The largest absolute Gasteiger partial charge is 0.493 e. The Hall–Kier alpha value is -1.82. The van der Waals surface area contributed by atoms with Gasteiger partial charge in [-0.15, -0.1) is 0 Å². The lowest BCUT2D eigenvalue weighted by molar-refractivity contribution is 0.353. The van der Waals surface area contributed by atoms with E-state index in [4.69, 9.17) is 9.47 Å². The summed E-state index contributed by atoms with van der Waals surface area (Å²) in [6.45, 7) is 1.92. The predicted octanol–water partition coefficient (Wildman–Crippen LogP) is 2.57. The molecule has 8 nitrogen and oxygen atoms in total. The van der Waals surface area contributed by atoms with Crippen molar-refractivity contribution in [3.8, 4) is 11.5 Å². The number of benzene rings is 2. The summed E-state index contributed by atoms with van der Waals surface area (Å²) >= 11 is 3.21. The van der Waals surface area contributed by atoms with Crippen LogP contribution >= 0.6 is 15.9 Å². The van der Waals surface area contributed by atoms with Crippen LogP contribution in [0.15, 0.2) is 50.7 Å². The zero-order valence-electron chi connectivity index (χ0n) is 14.8. The molecule has 0 aromatic heterocycles. The first-order valence-electron chi connectivity index (χ1n) is 7.68.